The number of halogens is 2. The zero-order valence-electron chi connectivity index (χ0n) is 24.0. The maximum Gasteiger partial charge on any atom is 0.268 e. The number of likely N-dealkylation sites (tertiary alicyclic amines) is 1. The fourth-order valence-corrected chi connectivity index (χ4v) is 5.98. The number of anilines is 1. The van der Waals surface area contributed by atoms with E-state index in [1.807, 2.05) is 6.07 Å². The Hall–Kier alpha value is -4.94. The lowest BCUT2D eigenvalue weighted by molar-refractivity contribution is 0.0999. The molecule has 10 nitrogen and oxygen atoms in total. The molecule has 2 aromatic carbocycles. The Morgan fingerprint density at radius 3 is 2.45 bits per heavy atom. The SMILES string of the molecule is COCCN1CCC(c2cc(-c3ccc(-c4ccn(-c5ccc(F)cc5)c(=O)c4C(N)=O)cc3F)c3c(N)ncnn23)CC1. The minimum atomic E-state index is -0.966. The Morgan fingerprint density at radius 2 is 1.77 bits per heavy atom. The van der Waals surface area contributed by atoms with Crippen LogP contribution in [-0.2, 0) is 4.74 Å². The van der Waals surface area contributed by atoms with Gasteiger partial charge in [0.1, 0.15) is 29.0 Å². The summed E-state index contributed by atoms with van der Waals surface area (Å²) in [6.07, 6.45) is 4.64. The number of ether oxygens (including phenoxy) is 1. The first kappa shape index (κ1) is 29.1. The number of methoxy groups -OCH3 is 1. The lowest BCUT2D eigenvalue weighted by Gasteiger charge is -2.31. The minimum absolute atomic E-state index is 0.178. The molecule has 0 spiro atoms. The first-order valence-electron chi connectivity index (χ1n) is 14.2. The first-order valence-corrected chi connectivity index (χ1v) is 14.2. The number of carbonyl (C=O) groups excluding carboxylic acids is 1. The van der Waals surface area contributed by atoms with Gasteiger partial charge in [-0.25, -0.2) is 18.3 Å². The molecule has 0 saturated carbocycles. The van der Waals surface area contributed by atoms with Crippen molar-refractivity contribution in [2.45, 2.75) is 18.8 Å². The molecule has 0 radical (unpaired) electrons. The molecule has 44 heavy (non-hydrogen) atoms. The zero-order chi connectivity index (χ0) is 31.0. The topological polar surface area (TPSA) is 134 Å². The molecule has 5 aromatic rings. The molecule has 1 amide bonds. The number of amides is 1. The maximum atomic E-state index is 16.0. The lowest BCUT2D eigenvalue weighted by atomic mass is 9.92. The predicted octanol–water partition coefficient (Wildman–Crippen LogP) is 4.00. The molecule has 4 heterocycles. The van der Waals surface area contributed by atoms with Gasteiger partial charge in [-0.15, -0.1) is 0 Å². The molecule has 1 aliphatic rings. The van der Waals surface area contributed by atoms with Crippen molar-refractivity contribution in [2.24, 2.45) is 5.73 Å². The van der Waals surface area contributed by atoms with E-state index in [2.05, 4.69) is 15.0 Å². The summed E-state index contributed by atoms with van der Waals surface area (Å²) in [6, 6.07) is 13.1. The molecule has 0 unspecified atom stereocenters. The molecule has 0 atom stereocenters. The second-order valence-corrected chi connectivity index (χ2v) is 10.8. The normalized spacial score (nSPS) is 14.3. The van der Waals surface area contributed by atoms with E-state index in [1.54, 1.807) is 23.8 Å². The Balaban J connectivity index is 1.38. The number of piperidine rings is 1. The summed E-state index contributed by atoms with van der Waals surface area (Å²) >= 11 is 0. The number of fused-ring (bicyclic) bond motifs is 1. The maximum absolute atomic E-state index is 16.0. The number of hydrogen-bond donors (Lipinski definition) is 2. The van der Waals surface area contributed by atoms with Crippen LogP contribution in [0.3, 0.4) is 0 Å². The number of pyridine rings is 1. The van der Waals surface area contributed by atoms with Gasteiger partial charge in [-0.05, 0) is 74.0 Å². The Labute approximate surface area is 251 Å². The van der Waals surface area contributed by atoms with Crippen LogP contribution in [0.5, 0.6) is 0 Å². The van der Waals surface area contributed by atoms with Gasteiger partial charge >= 0.3 is 0 Å². The Kier molecular flexibility index (Phi) is 7.93. The summed E-state index contributed by atoms with van der Waals surface area (Å²) in [5, 5.41) is 4.47. The van der Waals surface area contributed by atoms with Gasteiger partial charge in [0.05, 0.1) is 6.61 Å². The Bertz CT molecular complexity index is 1910. The van der Waals surface area contributed by atoms with Crippen LogP contribution in [0.25, 0.3) is 33.5 Å². The van der Waals surface area contributed by atoms with Gasteiger partial charge in [0.25, 0.3) is 11.5 Å². The molecule has 12 heteroatoms. The fourth-order valence-electron chi connectivity index (χ4n) is 5.98. The highest BCUT2D eigenvalue weighted by atomic mass is 19.1. The number of carbonyl (C=O) groups is 1. The molecule has 0 bridgehead atoms. The van der Waals surface area contributed by atoms with Gasteiger partial charge in [0, 0.05) is 53.8 Å². The van der Waals surface area contributed by atoms with E-state index in [4.69, 9.17) is 16.2 Å². The standard InChI is InChI=1S/C32H31F2N7O3/c1-44-15-14-39-11-8-19(9-12-39)27-17-25(29-30(35)37-18-38-41(27)29)24-7-2-20(16-26(24)34)23-10-13-40(32(43)28(23)31(36)42)22-5-3-21(33)4-6-22/h2-7,10,13,16-19H,8-9,11-12,14-15H2,1H3,(H2,36,42)(H2,35,37,38). The van der Waals surface area contributed by atoms with Crippen LogP contribution in [0.1, 0.15) is 34.8 Å². The van der Waals surface area contributed by atoms with E-state index in [9.17, 15) is 14.0 Å². The third-order valence-electron chi connectivity index (χ3n) is 8.24. The summed E-state index contributed by atoms with van der Waals surface area (Å²) in [5.41, 5.74) is 14.0. The van der Waals surface area contributed by atoms with Crippen LogP contribution in [0.4, 0.5) is 14.6 Å². The van der Waals surface area contributed by atoms with Crippen LogP contribution in [0.2, 0.25) is 0 Å². The molecule has 226 valence electrons. The lowest BCUT2D eigenvalue weighted by Crippen LogP contribution is -2.35. The van der Waals surface area contributed by atoms with Crippen molar-refractivity contribution < 1.29 is 18.3 Å². The van der Waals surface area contributed by atoms with Gasteiger partial charge in [-0.2, -0.15) is 5.10 Å². The quantitative estimate of drug-likeness (QED) is 0.275. The van der Waals surface area contributed by atoms with Crippen LogP contribution in [-0.4, -0.2) is 63.3 Å². The van der Waals surface area contributed by atoms with Crippen LogP contribution in [0.15, 0.2) is 71.9 Å². The molecular formula is C32H31F2N7O3. The van der Waals surface area contributed by atoms with E-state index in [-0.39, 0.29) is 28.4 Å². The van der Waals surface area contributed by atoms with Crippen LogP contribution >= 0.6 is 0 Å². The summed E-state index contributed by atoms with van der Waals surface area (Å²) in [4.78, 5) is 32.3. The number of nitrogens with zero attached hydrogens (tertiary/aromatic N) is 5. The average Bonchev–Trinajstić information content (AvgIpc) is 3.41. The highest BCUT2D eigenvalue weighted by molar-refractivity contribution is 6.00. The van der Waals surface area contributed by atoms with Crippen LogP contribution in [0, 0.1) is 11.6 Å². The number of primary amides is 1. The number of rotatable bonds is 8. The van der Waals surface area contributed by atoms with Crippen molar-refractivity contribution in [3.63, 3.8) is 0 Å². The molecule has 1 saturated heterocycles. The van der Waals surface area contributed by atoms with E-state index < -0.39 is 23.1 Å². The third-order valence-corrected chi connectivity index (χ3v) is 8.24. The van der Waals surface area contributed by atoms with Crippen molar-refractivity contribution in [2.75, 3.05) is 39.1 Å². The number of nitrogen functional groups attached to an aromatic ring is 1. The Morgan fingerprint density at radius 1 is 1.02 bits per heavy atom. The predicted molar refractivity (Wildman–Crippen MR) is 163 cm³/mol. The average molecular weight is 600 g/mol. The molecule has 1 fully saturated rings. The van der Waals surface area contributed by atoms with E-state index in [0.29, 0.717) is 28.9 Å². The summed E-state index contributed by atoms with van der Waals surface area (Å²) in [6.45, 7) is 3.36. The molecule has 0 aliphatic carbocycles. The van der Waals surface area contributed by atoms with Gasteiger partial charge < -0.3 is 21.1 Å². The summed E-state index contributed by atoms with van der Waals surface area (Å²) in [7, 11) is 1.69. The van der Waals surface area contributed by atoms with Crippen molar-refractivity contribution in [3.8, 4) is 27.9 Å². The highest BCUT2D eigenvalue weighted by Crippen LogP contribution is 2.38. The van der Waals surface area contributed by atoms with Crippen molar-refractivity contribution in [3.05, 3.63) is 100 Å². The number of hydrogen-bond acceptors (Lipinski definition) is 7. The van der Waals surface area contributed by atoms with Gasteiger partial charge in [0.15, 0.2) is 5.82 Å². The number of benzene rings is 2. The zero-order valence-corrected chi connectivity index (χ0v) is 24.0. The highest BCUT2D eigenvalue weighted by Gasteiger charge is 2.27. The second kappa shape index (κ2) is 12.0. The molecule has 6 rings (SSSR count). The molecule has 1 aliphatic heterocycles. The van der Waals surface area contributed by atoms with Gasteiger partial charge in [0.2, 0.25) is 0 Å². The van der Waals surface area contributed by atoms with Gasteiger partial charge in [-0.1, -0.05) is 12.1 Å². The van der Waals surface area contributed by atoms with Crippen molar-refractivity contribution in [1.29, 1.82) is 0 Å². The number of aromatic nitrogens is 4. The summed E-state index contributed by atoms with van der Waals surface area (Å²) < 4.78 is 37.6. The van der Waals surface area contributed by atoms with Crippen LogP contribution < -0.4 is 17.0 Å². The first-order chi connectivity index (χ1) is 21.3. The largest absolute Gasteiger partial charge is 0.383 e. The fraction of sp³-hybridized carbons (Fsp3) is 0.250. The molecule has 3 aromatic heterocycles. The van der Waals surface area contributed by atoms with Crippen molar-refractivity contribution >= 4 is 17.2 Å². The second-order valence-electron chi connectivity index (χ2n) is 10.8. The number of nitrogens with two attached hydrogens (primary N) is 2. The van der Waals surface area contributed by atoms with Gasteiger partial charge in [-0.3, -0.25) is 14.2 Å². The third kappa shape index (κ3) is 5.33. The van der Waals surface area contributed by atoms with E-state index in [0.717, 1.165) is 38.2 Å². The van der Waals surface area contributed by atoms with Crippen molar-refractivity contribution in [1.82, 2.24) is 24.1 Å². The minimum Gasteiger partial charge on any atom is -0.383 e. The molecule has 4 N–H and O–H groups in total. The van der Waals surface area contributed by atoms with E-state index >= 15 is 4.39 Å². The monoisotopic (exact) mass is 599 g/mol. The smallest absolute Gasteiger partial charge is 0.268 e. The summed E-state index contributed by atoms with van der Waals surface area (Å²) in [5.74, 6) is -1.60. The van der Waals surface area contributed by atoms with E-state index in [1.165, 1.54) is 53.5 Å². The molecular weight excluding hydrogens is 568 g/mol.